The maximum Gasteiger partial charge on any atom is 0.292 e. The standard InChI is InChI=1S/C19H21N5O3/c1-13-4-3-5-15(22-13)11-26-17-9-23(8-16-6-7-21-24(16)10-17)19(25)18-14(2)20-12-27-18/h3-7,12,17H,8-11H2,1-2H3. The Balaban J connectivity index is 1.53. The number of pyridine rings is 1. The highest BCUT2D eigenvalue weighted by molar-refractivity contribution is 5.92. The third-order valence-electron chi connectivity index (χ3n) is 4.60. The van der Waals surface area contributed by atoms with Crippen molar-refractivity contribution in [3.8, 4) is 0 Å². The molecule has 3 aromatic heterocycles. The van der Waals surface area contributed by atoms with Gasteiger partial charge in [-0.25, -0.2) is 4.98 Å². The summed E-state index contributed by atoms with van der Waals surface area (Å²) >= 11 is 0. The second-order valence-electron chi connectivity index (χ2n) is 6.66. The number of aromatic nitrogens is 4. The van der Waals surface area contributed by atoms with E-state index in [1.807, 2.05) is 35.9 Å². The van der Waals surface area contributed by atoms with Gasteiger partial charge in [-0.1, -0.05) is 6.07 Å². The molecule has 0 aromatic carbocycles. The molecule has 0 bridgehead atoms. The number of rotatable bonds is 4. The van der Waals surface area contributed by atoms with Crippen LogP contribution in [-0.2, 0) is 24.4 Å². The molecule has 0 spiro atoms. The predicted octanol–water partition coefficient (Wildman–Crippen LogP) is 2.12. The minimum atomic E-state index is -0.208. The van der Waals surface area contributed by atoms with Crippen molar-refractivity contribution in [1.82, 2.24) is 24.6 Å². The van der Waals surface area contributed by atoms with Crippen molar-refractivity contribution >= 4 is 5.91 Å². The van der Waals surface area contributed by atoms with Gasteiger partial charge in [0, 0.05) is 18.4 Å². The third kappa shape index (κ3) is 3.75. The average Bonchev–Trinajstić information content (AvgIpc) is 3.23. The van der Waals surface area contributed by atoms with Crippen molar-refractivity contribution in [3.63, 3.8) is 0 Å². The van der Waals surface area contributed by atoms with E-state index in [0.29, 0.717) is 31.9 Å². The van der Waals surface area contributed by atoms with E-state index in [2.05, 4.69) is 15.1 Å². The molecule has 8 nitrogen and oxygen atoms in total. The molecule has 1 aliphatic heterocycles. The van der Waals surface area contributed by atoms with Crippen LogP contribution < -0.4 is 0 Å². The van der Waals surface area contributed by atoms with Crippen LogP contribution in [0.25, 0.3) is 0 Å². The van der Waals surface area contributed by atoms with Gasteiger partial charge in [-0.15, -0.1) is 0 Å². The number of nitrogens with zero attached hydrogens (tertiary/aromatic N) is 5. The van der Waals surface area contributed by atoms with E-state index in [1.54, 1.807) is 18.0 Å². The topological polar surface area (TPSA) is 86.3 Å². The van der Waals surface area contributed by atoms with Crippen molar-refractivity contribution in [2.75, 3.05) is 6.54 Å². The van der Waals surface area contributed by atoms with Gasteiger partial charge in [0.1, 0.15) is 0 Å². The number of amides is 1. The van der Waals surface area contributed by atoms with Gasteiger partial charge in [0.15, 0.2) is 6.39 Å². The molecule has 0 radical (unpaired) electrons. The Labute approximate surface area is 156 Å². The number of hydrogen-bond donors (Lipinski definition) is 0. The molecule has 0 fully saturated rings. The first-order valence-electron chi connectivity index (χ1n) is 8.84. The molecule has 3 aromatic rings. The molecule has 0 saturated heterocycles. The van der Waals surface area contributed by atoms with Crippen LogP contribution in [0, 0.1) is 13.8 Å². The molecule has 27 heavy (non-hydrogen) atoms. The average molecular weight is 367 g/mol. The van der Waals surface area contributed by atoms with E-state index >= 15 is 0 Å². The van der Waals surface area contributed by atoms with Gasteiger partial charge in [0.05, 0.1) is 42.9 Å². The normalized spacial score (nSPS) is 16.8. The highest BCUT2D eigenvalue weighted by Gasteiger charge is 2.29. The largest absolute Gasteiger partial charge is 0.438 e. The summed E-state index contributed by atoms with van der Waals surface area (Å²) in [7, 11) is 0. The second-order valence-corrected chi connectivity index (χ2v) is 6.66. The summed E-state index contributed by atoms with van der Waals surface area (Å²) in [5.41, 5.74) is 3.35. The van der Waals surface area contributed by atoms with Gasteiger partial charge >= 0.3 is 0 Å². The van der Waals surface area contributed by atoms with E-state index in [9.17, 15) is 4.79 Å². The lowest BCUT2D eigenvalue weighted by atomic mass is 10.2. The van der Waals surface area contributed by atoms with Crippen molar-refractivity contribution in [3.05, 3.63) is 65.4 Å². The first-order valence-corrected chi connectivity index (χ1v) is 8.84. The first-order chi connectivity index (χ1) is 13.1. The van der Waals surface area contributed by atoms with E-state index < -0.39 is 0 Å². The minimum absolute atomic E-state index is 0.193. The monoisotopic (exact) mass is 367 g/mol. The summed E-state index contributed by atoms with van der Waals surface area (Å²) < 4.78 is 13.3. The molecular weight excluding hydrogens is 346 g/mol. The van der Waals surface area contributed by atoms with Gasteiger partial charge in [0.25, 0.3) is 5.91 Å². The maximum absolute atomic E-state index is 12.9. The molecule has 4 rings (SSSR count). The van der Waals surface area contributed by atoms with E-state index in [-0.39, 0.29) is 17.8 Å². The van der Waals surface area contributed by atoms with Gasteiger partial charge in [0.2, 0.25) is 5.76 Å². The molecule has 1 atom stereocenters. The zero-order valence-corrected chi connectivity index (χ0v) is 15.3. The number of ether oxygens (including phenoxy) is 1. The molecule has 4 heterocycles. The summed E-state index contributed by atoms with van der Waals surface area (Å²) in [5, 5.41) is 4.36. The summed E-state index contributed by atoms with van der Waals surface area (Å²) in [6.07, 6.45) is 2.82. The zero-order valence-electron chi connectivity index (χ0n) is 15.3. The van der Waals surface area contributed by atoms with Crippen molar-refractivity contribution in [2.24, 2.45) is 0 Å². The highest BCUT2D eigenvalue weighted by atomic mass is 16.5. The maximum atomic E-state index is 12.9. The lowest BCUT2D eigenvalue weighted by Crippen LogP contribution is -2.37. The quantitative estimate of drug-likeness (QED) is 0.702. The Bertz CT molecular complexity index is 948. The fraction of sp³-hybridized carbons (Fsp3) is 0.368. The van der Waals surface area contributed by atoms with Crippen molar-refractivity contribution in [2.45, 2.75) is 39.6 Å². The summed E-state index contributed by atoms with van der Waals surface area (Å²) in [5.74, 6) is 0.0731. The molecule has 0 aliphatic carbocycles. The van der Waals surface area contributed by atoms with Crippen LogP contribution in [0.15, 0.2) is 41.3 Å². The number of hydrogen-bond acceptors (Lipinski definition) is 6. The number of aryl methyl sites for hydroxylation is 2. The Morgan fingerprint density at radius 2 is 2.19 bits per heavy atom. The number of carbonyl (C=O) groups is 1. The van der Waals surface area contributed by atoms with Crippen LogP contribution in [-0.4, -0.2) is 43.2 Å². The predicted molar refractivity (Wildman–Crippen MR) is 95.8 cm³/mol. The Kier molecular flexibility index (Phi) is 4.72. The first kappa shape index (κ1) is 17.4. The van der Waals surface area contributed by atoms with Crippen LogP contribution >= 0.6 is 0 Å². The molecule has 1 amide bonds. The fourth-order valence-electron chi connectivity index (χ4n) is 3.21. The van der Waals surface area contributed by atoms with E-state index in [4.69, 9.17) is 9.15 Å². The van der Waals surface area contributed by atoms with Crippen LogP contribution in [0.3, 0.4) is 0 Å². The highest BCUT2D eigenvalue weighted by Crippen LogP contribution is 2.18. The molecule has 8 heteroatoms. The van der Waals surface area contributed by atoms with Gasteiger partial charge in [-0.2, -0.15) is 5.10 Å². The van der Waals surface area contributed by atoms with E-state index in [0.717, 1.165) is 17.1 Å². The van der Waals surface area contributed by atoms with Gasteiger partial charge in [-0.3, -0.25) is 14.5 Å². The fourth-order valence-corrected chi connectivity index (χ4v) is 3.21. The second kappa shape index (κ2) is 7.32. The minimum Gasteiger partial charge on any atom is -0.438 e. The Hall–Kier alpha value is -3.00. The molecule has 140 valence electrons. The smallest absolute Gasteiger partial charge is 0.292 e. The third-order valence-corrected chi connectivity index (χ3v) is 4.60. The van der Waals surface area contributed by atoms with Crippen LogP contribution in [0.4, 0.5) is 0 Å². The SMILES string of the molecule is Cc1cccc(COC2CN(C(=O)c3ocnc3C)Cc3ccnn3C2)n1. The lowest BCUT2D eigenvalue weighted by molar-refractivity contribution is 0.00710. The molecule has 1 aliphatic rings. The molecule has 0 N–H and O–H groups in total. The van der Waals surface area contributed by atoms with Gasteiger partial charge < -0.3 is 14.1 Å². The zero-order chi connectivity index (χ0) is 18.8. The molecular formula is C19H21N5O3. The van der Waals surface area contributed by atoms with Crippen LogP contribution in [0.5, 0.6) is 0 Å². The number of fused-ring (bicyclic) bond motifs is 1. The summed E-state index contributed by atoms with van der Waals surface area (Å²) in [6.45, 7) is 5.55. The molecule has 0 saturated carbocycles. The van der Waals surface area contributed by atoms with Crippen molar-refractivity contribution in [1.29, 1.82) is 0 Å². The Morgan fingerprint density at radius 1 is 1.30 bits per heavy atom. The van der Waals surface area contributed by atoms with Gasteiger partial charge in [-0.05, 0) is 32.0 Å². The Morgan fingerprint density at radius 3 is 2.96 bits per heavy atom. The van der Waals surface area contributed by atoms with Crippen LogP contribution in [0.2, 0.25) is 0 Å². The summed E-state index contributed by atoms with van der Waals surface area (Å²) in [6, 6.07) is 7.76. The lowest BCUT2D eigenvalue weighted by Gasteiger charge is -2.23. The summed E-state index contributed by atoms with van der Waals surface area (Å²) in [4.78, 5) is 23.1. The van der Waals surface area contributed by atoms with Crippen molar-refractivity contribution < 1.29 is 13.9 Å². The number of oxazole rings is 1. The molecule has 1 unspecified atom stereocenters. The number of carbonyl (C=O) groups excluding carboxylic acids is 1. The van der Waals surface area contributed by atoms with Crippen LogP contribution in [0.1, 0.15) is 33.3 Å². The van der Waals surface area contributed by atoms with E-state index in [1.165, 1.54) is 6.39 Å².